The second-order valence-corrected chi connectivity index (χ2v) is 3.63. The number of hydrogen-bond acceptors (Lipinski definition) is 4. The number of hydrogen-bond donors (Lipinski definition) is 1. The smallest absolute Gasteiger partial charge is 0.146 e. The van der Waals surface area contributed by atoms with Gasteiger partial charge in [-0.15, -0.1) is 10.2 Å². The van der Waals surface area contributed by atoms with Crippen molar-refractivity contribution in [3.8, 4) is 0 Å². The van der Waals surface area contributed by atoms with Crippen LogP contribution in [-0.2, 0) is 13.1 Å². The lowest BCUT2D eigenvalue weighted by Crippen LogP contribution is -2.17. The van der Waals surface area contributed by atoms with Crippen molar-refractivity contribution < 1.29 is 0 Å². The van der Waals surface area contributed by atoms with Crippen LogP contribution in [0.15, 0.2) is 6.33 Å². The van der Waals surface area contributed by atoms with E-state index in [2.05, 4.69) is 39.1 Å². The molecule has 0 saturated heterocycles. The van der Waals surface area contributed by atoms with Gasteiger partial charge >= 0.3 is 0 Å². The van der Waals surface area contributed by atoms with Gasteiger partial charge in [-0.3, -0.25) is 0 Å². The Morgan fingerprint density at radius 1 is 1.50 bits per heavy atom. The summed E-state index contributed by atoms with van der Waals surface area (Å²) < 4.78 is 2.10. The maximum Gasteiger partial charge on any atom is 0.146 e. The molecule has 0 aliphatic carbocycles. The molecule has 1 N–H and O–H groups in total. The van der Waals surface area contributed by atoms with Gasteiger partial charge in [-0.05, 0) is 34.1 Å². The molecule has 0 unspecified atom stereocenters. The van der Waals surface area contributed by atoms with E-state index in [1.807, 2.05) is 7.05 Å². The number of nitrogens with one attached hydrogen (secondary N) is 1. The standard InChI is InChI=1S/C9H19N5/c1-10-7-9-12-11-8-14(9)6-4-5-13(2)3/h8,10H,4-7H2,1-3H3. The molecular formula is C9H19N5. The summed E-state index contributed by atoms with van der Waals surface area (Å²) in [4.78, 5) is 2.18. The van der Waals surface area contributed by atoms with E-state index in [9.17, 15) is 0 Å². The molecule has 14 heavy (non-hydrogen) atoms. The van der Waals surface area contributed by atoms with Crippen LogP contribution in [0.3, 0.4) is 0 Å². The van der Waals surface area contributed by atoms with Gasteiger partial charge in [0.2, 0.25) is 0 Å². The Morgan fingerprint density at radius 2 is 2.29 bits per heavy atom. The second-order valence-electron chi connectivity index (χ2n) is 3.63. The van der Waals surface area contributed by atoms with Gasteiger partial charge in [0.25, 0.3) is 0 Å². The maximum absolute atomic E-state index is 4.04. The van der Waals surface area contributed by atoms with Crippen LogP contribution in [0.4, 0.5) is 0 Å². The van der Waals surface area contributed by atoms with Crippen molar-refractivity contribution in [1.29, 1.82) is 0 Å². The SMILES string of the molecule is CNCc1nncn1CCCN(C)C. The quantitative estimate of drug-likeness (QED) is 0.694. The summed E-state index contributed by atoms with van der Waals surface area (Å²) in [6, 6.07) is 0. The molecule has 1 aromatic heterocycles. The molecule has 1 aromatic rings. The molecule has 0 bridgehead atoms. The average Bonchev–Trinajstić information content (AvgIpc) is 2.53. The summed E-state index contributed by atoms with van der Waals surface area (Å²) >= 11 is 0. The van der Waals surface area contributed by atoms with Crippen LogP contribution in [-0.4, -0.2) is 47.4 Å². The van der Waals surface area contributed by atoms with E-state index in [4.69, 9.17) is 0 Å². The van der Waals surface area contributed by atoms with Crippen LogP contribution >= 0.6 is 0 Å². The highest BCUT2D eigenvalue weighted by Gasteiger charge is 2.01. The van der Waals surface area contributed by atoms with Crippen LogP contribution in [0.5, 0.6) is 0 Å². The Balaban J connectivity index is 2.37. The largest absolute Gasteiger partial charge is 0.316 e. The van der Waals surface area contributed by atoms with E-state index in [-0.39, 0.29) is 0 Å². The fourth-order valence-corrected chi connectivity index (χ4v) is 1.32. The minimum absolute atomic E-state index is 0.780. The highest BCUT2D eigenvalue weighted by molar-refractivity contribution is 4.84. The highest BCUT2D eigenvalue weighted by atomic mass is 15.3. The molecule has 0 aromatic carbocycles. The highest BCUT2D eigenvalue weighted by Crippen LogP contribution is 1.97. The van der Waals surface area contributed by atoms with E-state index in [1.54, 1.807) is 6.33 Å². The first-order valence-electron chi connectivity index (χ1n) is 4.90. The van der Waals surface area contributed by atoms with Crippen molar-refractivity contribution in [3.63, 3.8) is 0 Å². The minimum Gasteiger partial charge on any atom is -0.316 e. The van der Waals surface area contributed by atoms with Crippen LogP contribution in [0.25, 0.3) is 0 Å². The topological polar surface area (TPSA) is 46.0 Å². The third kappa shape index (κ3) is 3.43. The first kappa shape index (κ1) is 11.1. The summed E-state index contributed by atoms with van der Waals surface area (Å²) in [6.45, 7) is 2.86. The summed E-state index contributed by atoms with van der Waals surface area (Å²) in [5.74, 6) is 1.01. The summed E-state index contributed by atoms with van der Waals surface area (Å²) in [5, 5.41) is 11.0. The third-order valence-corrected chi connectivity index (χ3v) is 2.03. The van der Waals surface area contributed by atoms with Crippen molar-refractivity contribution in [2.75, 3.05) is 27.7 Å². The van der Waals surface area contributed by atoms with Gasteiger partial charge in [0.05, 0.1) is 6.54 Å². The first-order valence-corrected chi connectivity index (χ1v) is 4.90. The first-order chi connectivity index (χ1) is 6.74. The molecular weight excluding hydrogens is 178 g/mol. The Bertz CT molecular complexity index is 255. The molecule has 80 valence electrons. The molecule has 0 atom stereocenters. The fraction of sp³-hybridized carbons (Fsp3) is 0.778. The van der Waals surface area contributed by atoms with Crippen LogP contribution in [0, 0.1) is 0 Å². The zero-order valence-electron chi connectivity index (χ0n) is 9.19. The van der Waals surface area contributed by atoms with E-state index >= 15 is 0 Å². The normalized spacial score (nSPS) is 11.1. The minimum atomic E-state index is 0.780. The van der Waals surface area contributed by atoms with Crippen molar-refractivity contribution in [3.05, 3.63) is 12.2 Å². The van der Waals surface area contributed by atoms with Crippen molar-refractivity contribution in [2.45, 2.75) is 19.5 Å². The van der Waals surface area contributed by atoms with Gasteiger partial charge in [-0.25, -0.2) is 0 Å². The molecule has 0 saturated carbocycles. The predicted molar refractivity (Wildman–Crippen MR) is 56.0 cm³/mol. The fourth-order valence-electron chi connectivity index (χ4n) is 1.32. The molecule has 1 rings (SSSR count). The van der Waals surface area contributed by atoms with Crippen molar-refractivity contribution in [1.82, 2.24) is 25.0 Å². The zero-order valence-corrected chi connectivity index (χ0v) is 9.19. The summed E-state index contributed by atoms with van der Waals surface area (Å²) in [7, 11) is 6.08. The lowest BCUT2D eigenvalue weighted by atomic mass is 10.4. The zero-order chi connectivity index (χ0) is 10.4. The Hall–Kier alpha value is -0.940. The number of nitrogens with zero attached hydrogens (tertiary/aromatic N) is 4. The van der Waals surface area contributed by atoms with Gasteiger partial charge < -0.3 is 14.8 Å². The van der Waals surface area contributed by atoms with Gasteiger partial charge in [0.15, 0.2) is 0 Å². The Kier molecular flexibility index (Phi) is 4.55. The van der Waals surface area contributed by atoms with E-state index < -0.39 is 0 Å². The monoisotopic (exact) mass is 197 g/mol. The number of rotatable bonds is 6. The second kappa shape index (κ2) is 5.72. The predicted octanol–water partition coefficient (Wildman–Crippen LogP) is -0.0508. The maximum atomic E-state index is 4.04. The number of aromatic nitrogens is 3. The molecule has 0 spiro atoms. The molecule has 1 heterocycles. The lowest BCUT2D eigenvalue weighted by Gasteiger charge is -2.10. The van der Waals surface area contributed by atoms with Gasteiger partial charge in [0, 0.05) is 6.54 Å². The molecule has 0 aliphatic rings. The van der Waals surface area contributed by atoms with Gasteiger partial charge in [-0.2, -0.15) is 0 Å². The third-order valence-electron chi connectivity index (χ3n) is 2.03. The van der Waals surface area contributed by atoms with Crippen LogP contribution in [0.2, 0.25) is 0 Å². The Labute approximate surface area is 85.1 Å². The van der Waals surface area contributed by atoms with E-state index in [1.165, 1.54) is 0 Å². The molecule has 0 amide bonds. The van der Waals surface area contributed by atoms with Crippen molar-refractivity contribution >= 4 is 0 Å². The summed E-state index contributed by atoms with van der Waals surface area (Å²) in [6.07, 6.45) is 2.92. The molecule has 0 radical (unpaired) electrons. The average molecular weight is 197 g/mol. The summed E-state index contributed by atoms with van der Waals surface area (Å²) in [5.41, 5.74) is 0. The molecule has 5 nitrogen and oxygen atoms in total. The molecule has 0 aliphatic heterocycles. The Morgan fingerprint density at radius 3 is 2.93 bits per heavy atom. The van der Waals surface area contributed by atoms with Gasteiger partial charge in [-0.1, -0.05) is 0 Å². The van der Waals surface area contributed by atoms with E-state index in [0.29, 0.717) is 0 Å². The van der Waals surface area contributed by atoms with Crippen molar-refractivity contribution in [2.24, 2.45) is 0 Å². The molecule has 5 heteroatoms. The van der Waals surface area contributed by atoms with E-state index in [0.717, 1.165) is 31.9 Å². The van der Waals surface area contributed by atoms with Crippen LogP contribution < -0.4 is 5.32 Å². The van der Waals surface area contributed by atoms with Crippen LogP contribution in [0.1, 0.15) is 12.2 Å². The number of aryl methyl sites for hydroxylation is 1. The molecule has 0 fully saturated rings. The lowest BCUT2D eigenvalue weighted by molar-refractivity contribution is 0.384. The van der Waals surface area contributed by atoms with Gasteiger partial charge in [0.1, 0.15) is 12.2 Å².